The lowest BCUT2D eigenvalue weighted by atomic mass is 9.92. The molecule has 0 fully saturated rings. The number of hydrogen-bond donors (Lipinski definition) is 2. The Balaban J connectivity index is 2.27. The van der Waals surface area contributed by atoms with Crippen LogP contribution in [-0.4, -0.2) is 12.5 Å². The van der Waals surface area contributed by atoms with E-state index in [0.29, 0.717) is 11.7 Å². The number of nitrogen functional groups attached to an aromatic ring is 1. The van der Waals surface area contributed by atoms with Crippen LogP contribution in [0, 0.1) is 13.8 Å². The minimum absolute atomic E-state index is 0.103. The molecule has 4 N–H and O–H groups in total. The zero-order valence-electron chi connectivity index (χ0n) is 14.8. The summed E-state index contributed by atoms with van der Waals surface area (Å²) in [5.41, 5.74) is 18.0. The Kier molecular flexibility index (Phi) is 5.50. The monoisotopic (exact) mass is 326 g/mol. The molecule has 0 spiro atoms. The van der Waals surface area contributed by atoms with E-state index >= 15 is 0 Å². The Labute approximate surface area is 143 Å². The molecule has 0 atom stereocenters. The van der Waals surface area contributed by atoms with Crippen molar-refractivity contribution in [2.75, 3.05) is 12.3 Å². The number of nitrogens with two attached hydrogens (primary N) is 2. The molecule has 0 bridgehead atoms. The first-order valence-corrected chi connectivity index (χ1v) is 8.17. The number of benzene rings is 2. The number of carbonyl (C=O) groups is 1. The van der Waals surface area contributed by atoms with Crippen LogP contribution in [0.3, 0.4) is 0 Å². The molecule has 0 aromatic heterocycles. The van der Waals surface area contributed by atoms with E-state index in [1.54, 1.807) is 0 Å². The maximum Gasteiger partial charge on any atom is 0.255 e. The first-order valence-electron chi connectivity index (χ1n) is 8.17. The van der Waals surface area contributed by atoms with Crippen molar-refractivity contribution in [2.24, 2.45) is 5.73 Å². The van der Waals surface area contributed by atoms with Gasteiger partial charge >= 0.3 is 0 Å². The van der Waals surface area contributed by atoms with E-state index in [-0.39, 0.29) is 6.61 Å². The van der Waals surface area contributed by atoms with Crippen LogP contribution in [0.25, 0.3) is 0 Å². The van der Waals surface area contributed by atoms with Crippen molar-refractivity contribution in [2.45, 2.75) is 40.0 Å². The molecule has 128 valence electrons. The van der Waals surface area contributed by atoms with Gasteiger partial charge in [0, 0.05) is 5.69 Å². The summed E-state index contributed by atoms with van der Waals surface area (Å²) < 4.78 is 5.41. The third-order valence-electron chi connectivity index (χ3n) is 4.20. The fraction of sp³-hybridized carbons (Fsp3) is 0.350. The molecule has 0 aliphatic rings. The third-order valence-corrected chi connectivity index (χ3v) is 4.20. The van der Waals surface area contributed by atoms with Crippen LogP contribution in [0.2, 0.25) is 0 Å². The topological polar surface area (TPSA) is 78.3 Å². The van der Waals surface area contributed by atoms with Crippen LogP contribution < -0.4 is 16.2 Å². The molecule has 0 radical (unpaired) electrons. The zero-order chi connectivity index (χ0) is 17.9. The molecule has 2 aromatic rings. The number of ether oxygens (including phenoxy) is 1. The van der Waals surface area contributed by atoms with E-state index in [1.807, 2.05) is 18.2 Å². The van der Waals surface area contributed by atoms with Gasteiger partial charge in [-0.15, -0.1) is 0 Å². The van der Waals surface area contributed by atoms with E-state index in [2.05, 4.69) is 39.8 Å². The van der Waals surface area contributed by atoms with Crippen LogP contribution >= 0.6 is 0 Å². The lowest BCUT2D eigenvalue weighted by Gasteiger charge is -2.15. The Morgan fingerprint density at radius 1 is 1.12 bits per heavy atom. The van der Waals surface area contributed by atoms with Crippen LogP contribution in [0.4, 0.5) is 5.69 Å². The summed E-state index contributed by atoms with van der Waals surface area (Å²) >= 11 is 0. The van der Waals surface area contributed by atoms with Crippen molar-refractivity contribution in [1.82, 2.24) is 0 Å². The largest absolute Gasteiger partial charge is 0.484 e. The highest BCUT2D eigenvalue weighted by Crippen LogP contribution is 2.27. The smallest absolute Gasteiger partial charge is 0.255 e. The number of aryl methyl sites for hydroxylation is 2. The van der Waals surface area contributed by atoms with Crippen LogP contribution in [-0.2, 0) is 11.2 Å². The number of carbonyl (C=O) groups excluding carboxylic acids is 1. The molecule has 4 nitrogen and oxygen atoms in total. The lowest BCUT2D eigenvalue weighted by Crippen LogP contribution is -2.20. The number of rotatable bonds is 6. The minimum atomic E-state index is -0.475. The maximum atomic E-state index is 10.9. The van der Waals surface area contributed by atoms with Gasteiger partial charge in [0.25, 0.3) is 5.91 Å². The molecule has 2 rings (SSSR count). The van der Waals surface area contributed by atoms with Crippen LogP contribution in [0.1, 0.15) is 47.6 Å². The van der Waals surface area contributed by atoms with Crippen molar-refractivity contribution in [1.29, 1.82) is 0 Å². The summed E-state index contributed by atoms with van der Waals surface area (Å²) in [4.78, 5) is 10.9. The van der Waals surface area contributed by atoms with Gasteiger partial charge in [-0.05, 0) is 72.2 Å². The van der Waals surface area contributed by atoms with E-state index < -0.39 is 5.91 Å². The molecule has 4 heteroatoms. The van der Waals surface area contributed by atoms with Gasteiger partial charge in [0.1, 0.15) is 5.75 Å². The Morgan fingerprint density at radius 3 is 2.29 bits per heavy atom. The van der Waals surface area contributed by atoms with Gasteiger partial charge in [-0.2, -0.15) is 0 Å². The van der Waals surface area contributed by atoms with Gasteiger partial charge in [-0.3, -0.25) is 4.79 Å². The summed E-state index contributed by atoms with van der Waals surface area (Å²) in [5, 5.41) is 0. The Morgan fingerprint density at radius 2 is 1.75 bits per heavy atom. The molecule has 0 saturated carbocycles. The second-order valence-electron chi connectivity index (χ2n) is 6.59. The highest BCUT2D eigenvalue weighted by Gasteiger charge is 2.10. The van der Waals surface area contributed by atoms with Gasteiger partial charge in [-0.1, -0.05) is 26.0 Å². The first kappa shape index (κ1) is 17.9. The molecular weight excluding hydrogens is 300 g/mol. The predicted octanol–water partition coefficient (Wildman–Crippen LogP) is 3.46. The number of anilines is 1. The highest BCUT2D eigenvalue weighted by atomic mass is 16.5. The quantitative estimate of drug-likeness (QED) is 0.798. The lowest BCUT2D eigenvalue weighted by molar-refractivity contribution is -0.119. The van der Waals surface area contributed by atoms with Gasteiger partial charge in [0.05, 0.1) is 0 Å². The van der Waals surface area contributed by atoms with Gasteiger partial charge in [-0.25, -0.2) is 0 Å². The van der Waals surface area contributed by atoms with Gasteiger partial charge in [0.2, 0.25) is 0 Å². The first-order chi connectivity index (χ1) is 11.3. The van der Waals surface area contributed by atoms with E-state index in [1.165, 1.54) is 16.7 Å². The van der Waals surface area contributed by atoms with E-state index in [0.717, 1.165) is 23.2 Å². The van der Waals surface area contributed by atoms with E-state index in [4.69, 9.17) is 16.2 Å². The summed E-state index contributed by atoms with van der Waals surface area (Å²) in [6.45, 7) is 8.31. The standard InChI is InChI=1S/C20H26N2O2/c1-12(2)17-9-15(5-6-19(17)21)10-18-13(3)7-16(8-14(18)4)24-11-20(22)23/h5-9,12H,10-11,21H2,1-4H3,(H2,22,23). The molecule has 24 heavy (non-hydrogen) atoms. The summed E-state index contributed by atoms with van der Waals surface area (Å²) in [6, 6.07) is 10.2. The molecular formula is C20H26N2O2. The van der Waals surface area contributed by atoms with E-state index in [9.17, 15) is 4.79 Å². The zero-order valence-corrected chi connectivity index (χ0v) is 14.8. The second kappa shape index (κ2) is 7.39. The molecule has 0 heterocycles. The molecule has 2 aromatic carbocycles. The van der Waals surface area contributed by atoms with Gasteiger partial charge in [0.15, 0.2) is 6.61 Å². The van der Waals surface area contributed by atoms with Gasteiger partial charge < -0.3 is 16.2 Å². The number of amides is 1. The molecule has 0 aliphatic heterocycles. The van der Waals surface area contributed by atoms with Crippen molar-refractivity contribution in [3.05, 3.63) is 58.1 Å². The molecule has 0 unspecified atom stereocenters. The fourth-order valence-corrected chi connectivity index (χ4v) is 2.91. The van der Waals surface area contributed by atoms with Crippen molar-refractivity contribution in [3.63, 3.8) is 0 Å². The summed E-state index contributed by atoms with van der Waals surface area (Å²) in [6.07, 6.45) is 0.841. The predicted molar refractivity (Wildman–Crippen MR) is 98.4 cm³/mol. The third kappa shape index (κ3) is 4.28. The van der Waals surface area contributed by atoms with Crippen molar-refractivity contribution < 1.29 is 9.53 Å². The minimum Gasteiger partial charge on any atom is -0.484 e. The number of primary amides is 1. The summed E-state index contributed by atoms with van der Waals surface area (Å²) in [5.74, 6) is 0.599. The Hall–Kier alpha value is -2.49. The molecule has 1 amide bonds. The van der Waals surface area contributed by atoms with Crippen molar-refractivity contribution >= 4 is 11.6 Å². The Bertz CT molecular complexity index is 728. The van der Waals surface area contributed by atoms with Crippen LogP contribution in [0.5, 0.6) is 5.75 Å². The number of hydrogen-bond acceptors (Lipinski definition) is 3. The fourth-order valence-electron chi connectivity index (χ4n) is 2.91. The second-order valence-corrected chi connectivity index (χ2v) is 6.59. The normalized spacial score (nSPS) is 10.9. The highest BCUT2D eigenvalue weighted by molar-refractivity contribution is 5.75. The average molecular weight is 326 g/mol. The van der Waals surface area contributed by atoms with Crippen molar-refractivity contribution in [3.8, 4) is 5.75 Å². The maximum absolute atomic E-state index is 10.9. The SMILES string of the molecule is Cc1cc(OCC(N)=O)cc(C)c1Cc1ccc(N)c(C(C)C)c1. The van der Waals surface area contributed by atoms with Crippen LogP contribution in [0.15, 0.2) is 30.3 Å². The molecule has 0 saturated heterocycles. The average Bonchev–Trinajstić information content (AvgIpc) is 2.50. The molecule has 0 aliphatic carbocycles. The summed E-state index contributed by atoms with van der Waals surface area (Å²) in [7, 11) is 0.